The molecule has 0 unspecified atom stereocenters. The van der Waals surface area contributed by atoms with Crippen molar-refractivity contribution in [2.75, 3.05) is 5.75 Å². The third-order valence-electron chi connectivity index (χ3n) is 2.36. The van der Waals surface area contributed by atoms with Crippen molar-refractivity contribution in [1.82, 2.24) is 0 Å². The average molecular weight is 250 g/mol. The fraction of sp³-hybridized carbons (Fsp3) is 0.357. The second-order valence-electron chi connectivity index (χ2n) is 4.50. The molecule has 1 rings (SSSR count). The van der Waals surface area contributed by atoms with Crippen LogP contribution in [-0.4, -0.2) is 11.7 Å². The lowest BCUT2D eigenvalue weighted by Gasteiger charge is -2.25. The maximum atomic E-state index is 10.9. The van der Waals surface area contributed by atoms with Crippen LogP contribution >= 0.6 is 11.8 Å². The number of ether oxygens (including phenoxy) is 1. The zero-order chi connectivity index (χ0) is 12.9. The second kappa shape index (κ2) is 5.92. The standard InChI is InChI=1S/C14H18O2S/c1-11(16-12(2)15)14(3,4)10-17-13-8-6-5-7-9-13/h5-9H,1,10H2,2-4H3. The summed E-state index contributed by atoms with van der Waals surface area (Å²) in [4.78, 5) is 12.1. The normalized spacial score (nSPS) is 11.0. The van der Waals surface area contributed by atoms with Gasteiger partial charge in [-0.15, -0.1) is 11.8 Å². The topological polar surface area (TPSA) is 26.3 Å². The van der Waals surface area contributed by atoms with Crippen LogP contribution in [0.2, 0.25) is 0 Å². The van der Waals surface area contributed by atoms with Crippen LogP contribution in [-0.2, 0) is 9.53 Å². The fourth-order valence-electron chi connectivity index (χ4n) is 1.17. The Kier molecular flexibility index (Phi) is 4.82. The highest BCUT2D eigenvalue weighted by molar-refractivity contribution is 7.99. The van der Waals surface area contributed by atoms with E-state index in [0.29, 0.717) is 5.76 Å². The highest BCUT2D eigenvalue weighted by Gasteiger charge is 2.24. The van der Waals surface area contributed by atoms with Gasteiger partial charge in [0.25, 0.3) is 0 Å². The third-order valence-corrected chi connectivity index (χ3v) is 3.84. The molecule has 0 aliphatic heterocycles. The minimum absolute atomic E-state index is 0.230. The smallest absolute Gasteiger partial charge is 0.307 e. The fourth-order valence-corrected chi connectivity index (χ4v) is 2.21. The van der Waals surface area contributed by atoms with E-state index in [0.717, 1.165) is 5.75 Å². The lowest BCUT2D eigenvalue weighted by molar-refractivity contribution is -0.138. The molecular weight excluding hydrogens is 232 g/mol. The highest BCUT2D eigenvalue weighted by Crippen LogP contribution is 2.33. The average Bonchev–Trinajstić information content (AvgIpc) is 2.27. The number of thioether (sulfide) groups is 1. The number of rotatable bonds is 5. The molecule has 17 heavy (non-hydrogen) atoms. The van der Waals surface area contributed by atoms with Gasteiger partial charge in [-0.3, -0.25) is 4.79 Å². The van der Waals surface area contributed by atoms with Crippen LogP contribution in [0, 0.1) is 5.41 Å². The van der Waals surface area contributed by atoms with Crippen LogP contribution in [0.1, 0.15) is 20.8 Å². The number of allylic oxidation sites excluding steroid dienone is 1. The van der Waals surface area contributed by atoms with Crippen molar-refractivity contribution in [1.29, 1.82) is 0 Å². The first-order chi connectivity index (χ1) is 7.92. The second-order valence-corrected chi connectivity index (χ2v) is 5.55. The quantitative estimate of drug-likeness (QED) is 0.450. The van der Waals surface area contributed by atoms with E-state index in [9.17, 15) is 4.79 Å². The van der Waals surface area contributed by atoms with Crippen molar-refractivity contribution in [3.8, 4) is 0 Å². The molecule has 0 atom stereocenters. The maximum Gasteiger partial charge on any atom is 0.307 e. The van der Waals surface area contributed by atoms with Gasteiger partial charge in [-0.25, -0.2) is 0 Å². The molecule has 0 bridgehead atoms. The molecule has 0 heterocycles. The Morgan fingerprint density at radius 2 is 1.94 bits per heavy atom. The molecule has 0 aliphatic rings. The predicted octanol–water partition coefficient (Wildman–Crippen LogP) is 3.88. The van der Waals surface area contributed by atoms with Gasteiger partial charge in [-0.05, 0) is 12.1 Å². The van der Waals surface area contributed by atoms with E-state index in [-0.39, 0.29) is 11.4 Å². The summed E-state index contributed by atoms with van der Waals surface area (Å²) in [7, 11) is 0. The Morgan fingerprint density at radius 1 is 1.35 bits per heavy atom. The van der Waals surface area contributed by atoms with Crippen LogP contribution in [0.4, 0.5) is 0 Å². The first-order valence-corrected chi connectivity index (χ1v) is 6.46. The maximum absolute atomic E-state index is 10.9. The van der Waals surface area contributed by atoms with Crippen LogP contribution in [0.25, 0.3) is 0 Å². The van der Waals surface area contributed by atoms with Crippen molar-refractivity contribution in [3.63, 3.8) is 0 Å². The number of carbonyl (C=O) groups is 1. The van der Waals surface area contributed by atoms with Crippen molar-refractivity contribution in [2.24, 2.45) is 5.41 Å². The summed E-state index contributed by atoms with van der Waals surface area (Å²) in [6.07, 6.45) is 0. The molecule has 1 aromatic rings. The summed E-state index contributed by atoms with van der Waals surface area (Å²) >= 11 is 1.73. The molecule has 0 spiro atoms. The molecule has 0 aliphatic carbocycles. The monoisotopic (exact) mass is 250 g/mol. The van der Waals surface area contributed by atoms with E-state index < -0.39 is 0 Å². The van der Waals surface area contributed by atoms with Gasteiger partial charge < -0.3 is 4.74 Å². The highest BCUT2D eigenvalue weighted by atomic mass is 32.2. The van der Waals surface area contributed by atoms with Gasteiger partial charge in [-0.1, -0.05) is 38.6 Å². The lowest BCUT2D eigenvalue weighted by atomic mass is 9.94. The minimum atomic E-state index is -0.312. The Bertz CT molecular complexity index is 396. The first kappa shape index (κ1) is 13.8. The van der Waals surface area contributed by atoms with E-state index in [1.165, 1.54) is 11.8 Å². The van der Waals surface area contributed by atoms with Gasteiger partial charge in [-0.2, -0.15) is 0 Å². The van der Waals surface area contributed by atoms with E-state index >= 15 is 0 Å². The molecule has 0 radical (unpaired) electrons. The van der Waals surface area contributed by atoms with E-state index in [1.54, 1.807) is 11.8 Å². The van der Waals surface area contributed by atoms with E-state index in [2.05, 4.69) is 18.7 Å². The Labute approximate surface area is 107 Å². The molecule has 92 valence electrons. The molecule has 0 N–H and O–H groups in total. The lowest BCUT2D eigenvalue weighted by Crippen LogP contribution is -2.20. The van der Waals surface area contributed by atoms with Crippen LogP contribution in [0.3, 0.4) is 0 Å². The molecule has 0 fully saturated rings. The molecule has 0 saturated heterocycles. The van der Waals surface area contributed by atoms with Gasteiger partial charge in [0.15, 0.2) is 0 Å². The summed E-state index contributed by atoms with van der Waals surface area (Å²) in [5, 5.41) is 0. The Balaban J connectivity index is 2.55. The number of hydrogen-bond donors (Lipinski definition) is 0. The van der Waals surface area contributed by atoms with Gasteiger partial charge in [0.1, 0.15) is 5.76 Å². The minimum Gasteiger partial charge on any atom is -0.431 e. The molecule has 1 aromatic carbocycles. The summed E-state index contributed by atoms with van der Waals surface area (Å²) in [6, 6.07) is 10.1. The Hall–Kier alpha value is -1.22. The molecule has 2 nitrogen and oxygen atoms in total. The van der Waals surface area contributed by atoms with Crippen molar-refractivity contribution >= 4 is 17.7 Å². The largest absolute Gasteiger partial charge is 0.431 e. The number of hydrogen-bond acceptors (Lipinski definition) is 3. The van der Waals surface area contributed by atoms with E-state index in [4.69, 9.17) is 4.74 Å². The number of benzene rings is 1. The van der Waals surface area contributed by atoms with E-state index in [1.807, 2.05) is 32.0 Å². The van der Waals surface area contributed by atoms with Crippen molar-refractivity contribution in [3.05, 3.63) is 42.7 Å². The first-order valence-electron chi connectivity index (χ1n) is 5.47. The van der Waals surface area contributed by atoms with Gasteiger partial charge >= 0.3 is 5.97 Å². The summed E-state index contributed by atoms with van der Waals surface area (Å²) < 4.78 is 5.06. The van der Waals surface area contributed by atoms with Crippen molar-refractivity contribution < 1.29 is 9.53 Å². The van der Waals surface area contributed by atoms with Crippen LogP contribution < -0.4 is 0 Å². The SMILES string of the molecule is C=C(OC(C)=O)C(C)(C)CSc1ccccc1. The zero-order valence-corrected chi connectivity index (χ0v) is 11.3. The van der Waals surface area contributed by atoms with Gasteiger partial charge in [0.05, 0.1) is 0 Å². The summed E-state index contributed by atoms with van der Waals surface area (Å²) in [5.41, 5.74) is -0.230. The molecule has 0 saturated carbocycles. The summed E-state index contributed by atoms with van der Waals surface area (Å²) in [5.74, 6) is 1.03. The summed E-state index contributed by atoms with van der Waals surface area (Å²) in [6.45, 7) is 9.26. The molecule has 0 aromatic heterocycles. The molecule has 3 heteroatoms. The van der Waals surface area contributed by atoms with Crippen molar-refractivity contribution in [2.45, 2.75) is 25.7 Å². The Morgan fingerprint density at radius 3 is 2.47 bits per heavy atom. The van der Waals surface area contributed by atoms with Gasteiger partial charge in [0.2, 0.25) is 0 Å². The number of esters is 1. The molecular formula is C14H18O2S. The molecule has 0 amide bonds. The third kappa shape index (κ3) is 4.65. The van der Waals surface area contributed by atoms with Crippen LogP contribution in [0.5, 0.6) is 0 Å². The number of carbonyl (C=O) groups excluding carboxylic acids is 1. The predicted molar refractivity (Wildman–Crippen MR) is 71.9 cm³/mol. The zero-order valence-electron chi connectivity index (χ0n) is 10.5. The van der Waals surface area contributed by atoms with Crippen LogP contribution in [0.15, 0.2) is 47.6 Å². The van der Waals surface area contributed by atoms with Gasteiger partial charge in [0, 0.05) is 23.0 Å².